The van der Waals surface area contributed by atoms with Gasteiger partial charge in [0, 0.05) is 31.7 Å². The highest BCUT2D eigenvalue weighted by molar-refractivity contribution is 6.00. The number of amides is 2. The van der Waals surface area contributed by atoms with Crippen molar-refractivity contribution in [2.45, 2.75) is 33.1 Å². The number of benzene rings is 1. The molecule has 2 saturated heterocycles. The van der Waals surface area contributed by atoms with Crippen LogP contribution in [0.15, 0.2) is 24.3 Å². The standard InChI is InChI=1S/C20H26N2O4/c1-3-26-20(25)15-8-6-10-21(12-15)19(24)16-11-18(23)22(13-16)17-9-5-4-7-14(17)2/h4-5,7,9,15-16H,3,6,8,10-13H2,1-2H3/t15-,16-/m1/s1. The van der Waals surface area contributed by atoms with Crippen molar-refractivity contribution in [2.75, 3.05) is 31.1 Å². The van der Waals surface area contributed by atoms with Gasteiger partial charge in [-0.05, 0) is 38.3 Å². The van der Waals surface area contributed by atoms with Crippen LogP contribution in [0, 0.1) is 18.8 Å². The highest BCUT2D eigenvalue weighted by atomic mass is 16.5. The van der Waals surface area contributed by atoms with Crippen molar-refractivity contribution >= 4 is 23.5 Å². The zero-order valence-corrected chi connectivity index (χ0v) is 15.4. The summed E-state index contributed by atoms with van der Waals surface area (Å²) in [6.45, 7) is 5.55. The molecule has 0 aromatic heterocycles. The molecule has 140 valence electrons. The second-order valence-electron chi connectivity index (χ2n) is 7.07. The van der Waals surface area contributed by atoms with Crippen LogP contribution in [0.4, 0.5) is 5.69 Å². The van der Waals surface area contributed by atoms with E-state index in [0.717, 1.165) is 24.1 Å². The maximum absolute atomic E-state index is 12.9. The first kappa shape index (κ1) is 18.4. The normalized spacial score (nSPS) is 23.2. The van der Waals surface area contributed by atoms with Crippen LogP contribution in [0.2, 0.25) is 0 Å². The third kappa shape index (κ3) is 3.74. The van der Waals surface area contributed by atoms with Crippen LogP contribution in [-0.4, -0.2) is 48.9 Å². The fraction of sp³-hybridized carbons (Fsp3) is 0.550. The molecule has 2 heterocycles. The fourth-order valence-electron chi connectivity index (χ4n) is 3.86. The van der Waals surface area contributed by atoms with Crippen LogP contribution >= 0.6 is 0 Å². The lowest BCUT2D eigenvalue weighted by Gasteiger charge is -2.33. The number of anilines is 1. The predicted molar refractivity (Wildman–Crippen MR) is 97.6 cm³/mol. The Bertz CT molecular complexity index is 703. The van der Waals surface area contributed by atoms with E-state index < -0.39 is 0 Å². The monoisotopic (exact) mass is 358 g/mol. The Kier molecular flexibility index (Phi) is 5.59. The van der Waals surface area contributed by atoms with Gasteiger partial charge in [0.2, 0.25) is 11.8 Å². The molecule has 3 rings (SSSR count). The number of hydrogen-bond acceptors (Lipinski definition) is 4. The van der Waals surface area contributed by atoms with E-state index >= 15 is 0 Å². The molecule has 1 aromatic rings. The molecule has 1 aromatic carbocycles. The molecule has 0 spiro atoms. The maximum atomic E-state index is 12.9. The molecule has 0 unspecified atom stereocenters. The Morgan fingerprint density at radius 1 is 1.19 bits per heavy atom. The summed E-state index contributed by atoms with van der Waals surface area (Å²) in [5, 5.41) is 0. The minimum Gasteiger partial charge on any atom is -0.466 e. The quantitative estimate of drug-likeness (QED) is 0.774. The van der Waals surface area contributed by atoms with E-state index in [1.807, 2.05) is 31.2 Å². The number of aryl methyl sites for hydroxylation is 1. The van der Waals surface area contributed by atoms with E-state index in [2.05, 4.69) is 0 Å². The van der Waals surface area contributed by atoms with Crippen LogP contribution in [0.25, 0.3) is 0 Å². The molecule has 0 saturated carbocycles. The van der Waals surface area contributed by atoms with Crippen LogP contribution in [0.1, 0.15) is 31.7 Å². The highest BCUT2D eigenvalue weighted by Gasteiger charge is 2.39. The Morgan fingerprint density at radius 2 is 1.96 bits per heavy atom. The molecule has 6 heteroatoms. The van der Waals surface area contributed by atoms with Crippen LogP contribution in [0.3, 0.4) is 0 Å². The number of piperidine rings is 1. The van der Waals surface area contributed by atoms with Crippen LogP contribution in [0.5, 0.6) is 0 Å². The second kappa shape index (κ2) is 7.89. The molecule has 2 aliphatic heterocycles. The van der Waals surface area contributed by atoms with Gasteiger partial charge in [-0.15, -0.1) is 0 Å². The summed E-state index contributed by atoms with van der Waals surface area (Å²) in [4.78, 5) is 40.8. The van der Waals surface area contributed by atoms with Gasteiger partial charge >= 0.3 is 5.97 Å². The van der Waals surface area contributed by atoms with Crippen molar-refractivity contribution in [1.82, 2.24) is 4.90 Å². The van der Waals surface area contributed by atoms with Crippen molar-refractivity contribution < 1.29 is 19.1 Å². The molecule has 0 bridgehead atoms. The molecule has 2 amide bonds. The van der Waals surface area contributed by atoms with E-state index in [9.17, 15) is 14.4 Å². The molecular weight excluding hydrogens is 332 g/mol. The molecule has 26 heavy (non-hydrogen) atoms. The Labute approximate surface area is 154 Å². The zero-order chi connectivity index (χ0) is 18.7. The number of carbonyl (C=O) groups excluding carboxylic acids is 3. The van der Waals surface area contributed by atoms with Gasteiger partial charge in [0.25, 0.3) is 0 Å². The number of likely N-dealkylation sites (tertiary alicyclic amines) is 1. The molecule has 2 fully saturated rings. The van der Waals surface area contributed by atoms with Crippen LogP contribution < -0.4 is 4.90 Å². The lowest BCUT2D eigenvalue weighted by Crippen LogP contribution is -2.45. The first-order valence-electron chi connectivity index (χ1n) is 9.32. The number of rotatable bonds is 4. The number of hydrogen-bond donors (Lipinski definition) is 0. The highest BCUT2D eigenvalue weighted by Crippen LogP contribution is 2.30. The minimum atomic E-state index is -0.344. The van der Waals surface area contributed by atoms with Gasteiger partial charge in [0.1, 0.15) is 0 Å². The average Bonchev–Trinajstić information content (AvgIpc) is 3.03. The van der Waals surface area contributed by atoms with E-state index in [4.69, 9.17) is 4.74 Å². The van der Waals surface area contributed by atoms with Gasteiger partial charge in [0.05, 0.1) is 18.4 Å². The van der Waals surface area contributed by atoms with Gasteiger partial charge in [-0.3, -0.25) is 14.4 Å². The van der Waals surface area contributed by atoms with Crippen molar-refractivity contribution in [2.24, 2.45) is 11.8 Å². The smallest absolute Gasteiger partial charge is 0.310 e. The first-order chi connectivity index (χ1) is 12.5. The molecule has 0 N–H and O–H groups in total. The van der Waals surface area contributed by atoms with E-state index in [0.29, 0.717) is 26.2 Å². The third-order valence-electron chi connectivity index (χ3n) is 5.23. The predicted octanol–water partition coefficient (Wildman–Crippen LogP) is 2.15. The lowest BCUT2D eigenvalue weighted by molar-refractivity contribution is -0.152. The summed E-state index contributed by atoms with van der Waals surface area (Å²) >= 11 is 0. The Balaban J connectivity index is 1.66. The summed E-state index contributed by atoms with van der Waals surface area (Å²) in [6.07, 6.45) is 1.77. The summed E-state index contributed by atoms with van der Waals surface area (Å²) in [7, 11) is 0. The zero-order valence-electron chi connectivity index (χ0n) is 15.4. The van der Waals surface area contributed by atoms with E-state index in [1.54, 1.807) is 16.7 Å². The summed E-state index contributed by atoms with van der Waals surface area (Å²) in [5.74, 6) is -0.866. The number of ether oxygens (including phenoxy) is 1. The van der Waals surface area contributed by atoms with Crippen molar-refractivity contribution in [3.05, 3.63) is 29.8 Å². The summed E-state index contributed by atoms with van der Waals surface area (Å²) in [6, 6.07) is 7.72. The molecule has 0 radical (unpaired) electrons. The number of esters is 1. The fourth-order valence-corrected chi connectivity index (χ4v) is 3.86. The van der Waals surface area contributed by atoms with Gasteiger partial charge in [-0.2, -0.15) is 0 Å². The summed E-state index contributed by atoms with van der Waals surface area (Å²) < 4.78 is 5.10. The third-order valence-corrected chi connectivity index (χ3v) is 5.23. The van der Waals surface area contributed by atoms with Crippen LogP contribution in [-0.2, 0) is 19.1 Å². The minimum absolute atomic E-state index is 0.0170. The SMILES string of the molecule is CCOC(=O)[C@@H]1CCCN(C(=O)[C@@H]2CC(=O)N(c3ccccc3C)C2)C1. The van der Waals surface area contributed by atoms with E-state index in [1.165, 1.54) is 0 Å². The Morgan fingerprint density at radius 3 is 2.69 bits per heavy atom. The first-order valence-corrected chi connectivity index (χ1v) is 9.32. The molecule has 0 aliphatic carbocycles. The Hall–Kier alpha value is -2.37. The van der Waals surface area contributed by atoms with E-state index in [-0.39, 0.29) is 36.0 Å². The molecule has 6 nitrogen and oxygen atoms in total. The summed E-state index contributed by atoms with van der Waals surface area (Å²) in [5.41, 5.74) is 1.89. The van der Waals surface area contributed by atoms with Gasteiger partial charge in [0.15, 0.2) is 0 Å². The van der Waals surface area contributed by atoms with Gasteiger partial charge < -0.3 is 14.5 Å². The second-order valence-corrected chi connectivity index (χ2v) is 7.07. The average molecular weight is 358 g/mol. The number of nitrogens with zero attached hydrogens (tertiary/aromatic N) is 2. The molecule has 2 aliphatic rings. The van der Waals surface area contributed by atoms with Crippen molar-refractivity contribution in [3.8, 4) is 0 Å². The van der Waals surface area contributed by atoms with Gasteiger partial charge in [-0.1, -0.05) is 18.2 Å². The van der Waals surface area contributed by atoms with Crippen molar-refractivity contribution in [3.63, 3.8) is 0 Å². The molecule has 2 atom stereocenters. The largest absolute Gasteiger partial charge is 0.466 e. The van der Waals surface area contributed by atoms with Gasteiger partial charge in [-0.25, -0.2) is 0 Å². The maximum Gasteiger partial charge on any atom is 0.310 e. The van der Waals surface area contributed by atoms with Crippen molar-refractivity contribution in [1.29, 1.82) is 0 Å². The number of para-hydroxylation sites is 1. The molecular formula is C20H26N2O4. The topological polar surface area (TPSA) is 66.9 Å². The number of carbonyl (C=O) groups is 3. The lowest BCUT2D eigenvalue weighted by atomic mass is 9.96.